The number of hydrogen-bond donors (Lipinski definition) is 0. The van der Waals surface area contributed by atoms with Crippen LogP contribution < -0.4 is 0 Å². The van der Waals surface area contributed by atoms with Gasteiger partial charge in [-0.1, -0.05) is 0 Å². The van der Waals surface area contributed by atoms with Crippen LogP contribution in [-0.4, -0.2) is 21.6 Å². The Hall–Kier alpha value is -0.300. The normalized spacial score (nSPS) is 10.5. The quantitative estimate of drug-likeness (QED) is 0.578. The van der Waals surface area contributed by atoms with E-state index in [0.717, 1.165) is 8.95 Å². The molecule has 2 heterocycles. The number of alkyl halides is 1. The summed E-state index contributed by atoms with van der Waals surface area (Å²) in [5.74, 6) is -0.236. The van der Waals surface area contributed by atoms with Crippen LogP contribution in [0.4, 0.5) is 0 Å². The van der Waals surface area contributed by atoms with Crippen LogP contribution in [0.1, 0.15) is 10.5 Å². The first-order valence-electron chi connectivity index (χ1n) is 4.48. The van der Waals surface area contributed by atoms with Gasteiger partial charge in [-0.3, -0.25) is 9.78 Å². The zero-order chi connectivity index (χ0) is 12.4. The molecule has 0 atom stereocenters. The van der Waals surface area contributed by atoms with E-state index in [-0.39, 0.29) is 11.7 Å². The van der Waals surface area contributed by atoms with Crippen molar-refractivity contribution in [2.24, 2.45) is 0 Å². The molecule has 0 aliphatic heterocycles. The van der Waals surface area contributed by atoms with Crippen LogP contribution in [0.3, 0.4) is 0 Å². The summed E-state index contributed by atoms with van der Waals surface area (Å²) in [5, 5.41) is 2.38. The monoisotopic (exact) mass is 394 g/mol. The van der Waals surface area contributed by atoms with Crippen LogP contribution in [-0.2, 0) is 0 Å². The van der Waals surface area contributed by atoms with E-state index in [2.05, 4.69) is 41.8 Å². The maximum Gasteiger partial charge on any atom is 0.196 e. The smallest absolute Gasteiger partial charge is 0.196 e. The highest BCUT2D eigenvalue weighted by Gasteiger charge is 2.13. The summed E-state index contributed by atoms with van der Waals surface area (Å²) in [7, 11) is 0. The van der Waals surface area contributed by atoms with E-state index in [1.807, 2.05) is 6.07 Å². The van der Waals surface area contributed by atoms with Crippen LogP contribution in [0, 0.1) is 0 Å². The van der Waals surface area contributed by atoms with E-state index in [0.29, 0.717) is 16.4 Å². The number of rotatable bonds is 3. The Morgan fingerprint density at radius 2 is 2.24 bits per heavy atom. The van der Waals surface area contributed by atoms with Gasteiger partial charge in [0.25, 0.3) is 0 Å². The molecule has 0 amide bonds. The van der Waals surface area contributed by atoms with E-state index < -0.39 is 0 Å². The number of carbonyl (C=O) groups excluding carboxylic acids is 1. The molecule has 0 saturated heterocycles. The van der Waals surface area contributed by atoms with Gasteiger partial charge in [-0.05, 0) is 37.9 Å². The fraction of sp³-hybridized carbons (Fsp3) is 0.100. The van der Waals surface area contributed by atoms with E-state index in [1.165, 1.54) is 11.3 Å². The van der Waals surface area contributed by atoms with Crippen molar-refractivity contribution in [2.75, 3.05) is 5.88 Å². The van der Waals surface area contributed by atoms with Gasteiger partial charge >= 0.3 is 0 Å². The number of thiazole rings is 1. The molecule has 0 aliphatic rings. The molecule has 0 radical (unpaired) electrons. The molecule has 2 aromatic rings. The Morgan fingerprint density at radius 3 is 2.88 bits per heavy atom. The van der Waals surface area contributed by atoms with E-state index in [9.17, 15) is 4.79 Å². The van der Waals surface area contributed by atoms with Crippen LogP contribution in [0.15, 0.2) is 26.6 Å². The van der Waals surface area contributed by atoms with Gasteiger partial charge in [0.2, 0.25) is 0 Å². The Labute approximate surface area is 123 Å². The lowest BCUT2D eigenvalue weighted by Gasteiger charge is -1.99. The average molecular weight is 396 g/mol. The second-order valence-corrected chi connectivity index (χ2v) is 5.97. The predicted octanol–water partition coefficient (Wildman–Crippen LogP) is 4.15. The molecule has 3 nitrogen and oxygen atoms in total. The maximum atomic E-state index is 11.4. The van der Waals surface area contributed by atoms with Gasteiger partial charge < -0.3 is 0 Å². The van der Waals surface area contributed by atoms with Crippen molar-refractivity contribution in [3.8, 4) is 10.7 Å². The molecule has 0 spiro atoms. The lowest BCUT2D eigenvalue weighted by Crippen LogP contribution is -2.00. The lowest BCUT2D eigenvalue weighted by molar-refractivity contribution is 0.101. The Balaban J connectivity index is 2.40. The highest BCUT2D eigenvalue weighted by atomic mass is 79.9. The minimum Gasteiger partial charge on any atom is -0.291 e. The minimum atomic E-state index is -0.178. The first kappa shape index (κ1) is 13.1. The van der Waals surface area contributed by atoms with Gasteiger partial charge in [0.15, 0.2) is 5.78 Å². The summed E-state index contributed by atoms with van der Waals surface area (Å²) in [6.45, 7) is 0. The Kier molecular flexibility index (Phi) is 4.30. The number of nitrogens with zero attached hydrogens (tertiary/aromatic N) is 2. The van der Waals surface area contributed by atoms with Gasteiger partial charge in [-0.15, -0.1) is 22.9 Å². The second-order valence-electron chi connectivity index (χ2n) is 3.08. The molecular weight excluding hydrogens is 391 g/mol. The van der Waals surface area contributed by atoms with Gasteiger partial charge in [-0.25, -0.2) is 4.98 Å². The van der Waals surface area contributed by atoms with Gasteiger partial charge in [-0.2, -0.15) is 0 Å². The number of Topliss-reactive ketones (excluding diaryl/α,β-unsaturated/α-hetero) is 1. The average Bonchev–Trinajstić information content (AvgIpc) is 2.77. The summed E-state index contributed by atoms with van der Waals surface area (Å²) >= 11 is 13.6. The topological polar surface area (TPSA) is 42.9 Å². The van der Waals surface area contributed by atoms with Crippen molar-refractivity contribution in [1.29, 1.82) is 0 Å². The van der Waals surface area contributed by atoms with E-state index in [1.54, 1.807) is 11.6 Å². The Morgan fingerprint density at radius 1 is 1.47 bits per heavy atom. The molecule has 0 fully saturated rings. The molecular formula is C10H5Br2ClN2OS. The fourth-order valence-electron chi connectivity index (χ4n) is 1.15. The molecule has 7 heteroatoms. The minimum absolute atomic E-state index is 0.0574. The third-order valence-electron chi connectivity index (χ3n) is 1.92. The fourth-order valence-corrected chi connectivity index (χ4v) is 3.43. The lowest BCUT2D eigenvalue weighted by atomic mass is 10.3. The number of aromatic nitrogens is 2. The third kappa shape index (κ3) is 2.93. The molecule has 0 unspecified atom stereocenters. The molecule has 0 N–H and O–H groups in total. The summed E-state index contributed by atoms with van der Waals surface area (Å²) in [4.78, 5) is 19.8. The van der Waals surface area contributed by atoms with Crippen molar-refractivity contribution >= 4 is 60.6 Å². The highest BCUT2D eigenvalue weighted by molar-refractivity contribution is 9.11. The molecule has 0 aromatic carbocycles. The van der Waals surface area contributed by atoms with Crippen molar-refractivity contribution in [3.05, 3.63) is 32.3 Å². The molecule has 0 saturated carbocycles. The van der Waals surface area contributed by atoms with Gasteiger partial charge in [0, 0.05) is 20.5 Å². The third-order valence-corrected chi connectivity index (χ3v) is 4.05. The SMILES string of the molecule is O=C(CCl)c1csc(-c2ncc(Br)cc2Br)n1. The molecule has 2 rings (SSSR count). The summed E-state index contributed by atoms with van der Waals surface area (Å²) < 4.78 is 1.70. The zero-order valence-electron chi connectivity index (χ0n) is 8.28. The molecule has 88 valence electrons. The number of hydrogen-bond acceptors (Lipinski definition) is 4. The second kappa shape index (κ2) is 5.56. The summed E-state index contributed by atoms with van der Waals surface area (Å²) in [6, 6.07) is 1.88. The van der Waals surface area contributed by atoms with Crippen molar-refractivity contribution in [2.45, 2.75) is 0 Å². The molecule has 17 heavy (non-hydrogen) atoms. The van der Waals surface area contributed by atoms with Gasteiger partial charge in [0.1, 0.15) is 16.4 Å². The first-order valence-corrected chi connectivity index (χ1v) is 7.48. The number of halogens is 3. The zero-order valence-corrected chi connectivity index (χ0v) is 13.0. The number of pyridine rings is 1. The van der Waals surface area contributed by atoms with Crippen molar-refractivity contribution in [1.82, 2.24) is 9.97 Å². The largest absolute Gasteiger partial charge is 0.291 e. The highest BCUT2D eigenvalue weighted by Crippen LogP contribution is 2.30. The summed E-state index contributed by atoms with van der Waals surface area (Å²) in [5.41, 5.74) is 1.10. The first-order chi connectivity index (χ1) is 8.11. The molecule has 0 aliphatic carbocycles. The predicted molar refractivity (Wildman–Crippen MR) is 75.8 cm³/mol. The molecule has 0 bridgehead atoms. The maximum absolute atomic E-state index is 11.4. The Bertz CT molecular complexity index is 573. The van der Waals surface area contributed by atoms with Crippen LogP contribution >= 0.6 is 54.8 Å². The van der Waals surface area contributed by atoms with E-state index in [4.69, 9.17) is 11.6 Å². The van der Waals surface area contributed by atoms with Crippen molar-refractivity contribution < 1.29 is 4.79 Å². The van der Waals surface area contributed by atoms with Crippen LogP contribution in [0.2, 0.25) is 0 Å². The standard InChI is InChI=1S/C10H5Br2ClN2OS/c11-5-1-6(12)9(14-3-5)10-15-7(4-17-10)8(16)2-13/h1,3-4H,2H2. The van der Waals surface area contributed by atoms with E-state index >= 15 is 0 Å². The van der Waals surface area contributed by atoms with Gasteiger partial charge in [0.05, 0.1) is 5.88 Å². The van der Waals surface area contributed by atoms with Crippen LogP contribution in [0.5, 0.6) is 0 Å². The molecule has 2 aromatic heterocycles. The van der Waals surface area contributed by atoms with Crippen molar-refractivity contribution in [3.63, 3.8) is 0 Å². The summed E-state index contributed by atoms with van der Waals surface area (Å²) in [6.07, 6.45) is 1.69. The number of ketones is 1. The number of carbonyl (C=O) groups is 1. The van der Waals surface area contributed by atoms with Crippen LogP contribution in [0.25, 0.3) is 10.7 Å².